The van der Waals surface area contributed by atoms with E-state index in [9.17, 15) is 13.2 Å². The highest BCUT2D eigenvalue weighted by molar-refractivity contribution is 7.90. The van der Waals surface area contributed by atoms with E-state index in [1.807, 2.05) is 30.3 Å². The number of likely N-dealkylation sites (tertiary alicyclic amines) is 1. The van der Waals surface area contributed by atoms with Gasteiger partial charge in [0.05, 0.1) is 11.9 Å². The fraction of sp³-hybridized carbons (Fsp3) is 0.294. The van der Waals surface area contributed by atoms with E-state index >= 15 is 0 Å². The fourth-order valence-corrected chi connectivity index (χ4v) is 3.76. The van der Waals surface area contributed by atoms with E-state index in [1.54, 1.807) is 17.1 Å². The van der Waals surface area contributed by atoms with Crippen molar-refractivity contribution in [3.05, 3.63) is 53.9 Å². The third kappa shape index (κ3) is 3.56. The first-order valence-corrected chi connectivity index (χ1v) is 9.59. The second kappa shape index (κ2) is 6.60. The van der Waals surface area contributed by atoms with Gasteiger partial charge in [-0.15, -0.1) is 0 Å². The van der Waals surface area contributed by atoms with Crippen LogP contribution in [0.1, 0.15) is 23.6 Å². The van der Waals surface area contributed by atoms with Gasteiger partial charge in [0.1, 0.15) is 4.90 Å². The first kappa shape index (κ1) is 16.4. The first-order valence-electron chi connectivity index (χ1n) is 7.70. The molecule has 1 N–H and O–H groups in total. The van der Waals surface area contributed by atoms with Crippen molar-refractivity contribution in [1.29, 1.82) is 0 Å². The van der Waals surface area contributed by atoms with Gasteiger partial charge >= 0.3 is 0 Å². The minimum atomic E-state index is -3.32. The molecular formula is C17H19N3O3S. The number of benzene rings is 1. The number of sulfone groups is 1. The third-order valence-electron chi connectivity index (χ3n) is 4.16. The molecule has 24 heavy (non-hydrogen) atoms. The number of hydrogen-bond acceptors (Lipinski definition) is 4. The van der Waals surface area contributed by atoms with Gasteiger partial charge in [-0.05, 0) is 18.1 Å². The Hall–Kier alpha value is -2.41. The lowest BCUT2D eigenvalue weighted by Gasteiger charge is -2.14. The molecule has 0 aliphatic carbocycles. The Balaban J connectivity index is 1.69. The maximum atomic E-state index is 12.3. The molecule has 1 aliphatic heterocycles. The number of hydrogen-bond donors (Lipinski definition) is 1. The van der Waals surface area contributed by atoms with Crippen LogP contribution in [-0.4, -0.2) is 48.8 Å². The Morgan fingerprint density at radius 1 is 1.33 bits per heavy atom. The summed E-state index contributed by atoms with van der Waals surface area (Å²) >= 11 is 0. The fourth-order valence-electron chi connectivity index (χ4n) is 2.91. The van der Waals surface area contributed by atoms with Crippen LogP contribution in [0.5, 0.6) is 0 Å². The smallest absolute Gasteiger partial charge is 0.246 e. The predicted octanol–water partition coefficient (Wildman–Crippen LogP) is 1.84. The largest absolute Gasteiger partial charge is 0.338 e. The number of nitrogens with zero attached hydrogens (tertiary/aromatic N) is 2. The normalized spacial score (nSPS) is 18.4. The molecule has 0 spiro atoms. The van der Waals surface area contributed by atoms with E-state index < -0.39 is 9.84 Å². The van der Waals surface area contributed by atoms with Gasteiger partial charge < -0.3 is 4.90 Å². The van der Waals surface area contributed by atoms with Crippen LogP contribution < -0.4 is 0 Å². The van der Waals surface area contributed by atoms with E-state index in [4.69, 9.17) is 0 Å². The number of aromatic amines is 1. The van der Waals surface area contributed by atoms with E-state index in [2.05, 4.69) is 10.2 Å². The lowest BCUT2D eigenvalue weighted by Crippen LogP contribution is -2.26. The van der Waals surface area contributed by atoms with Crippen molar-refractivity contribution < 1.29 is 13.2 Å². The molecule has 1 aliphatic rings. The zero-order chi connectivity index (χ0) is 17.2. The van der Waals surface area contributed by atoms with Gasteiger partial charge in [0, 0.05) is 31.3 Å². The van der Waals surface area contributed by atoms with E-state index in [-0.39, 0.29) is 16.7 Å². The van der Waals surface area contributed by atoms with Crippen LogP contribution in [0.4, 0.5) is 0 Å². The van der Waals surface area contributed by atoms with Gasteiger partial charge in [-0.2, -0.15) is 5.10 Å². The second-order valence-electron chi connectivity index (χ2n) is 5.93. The zero-order valence-corrected chi connectivity index (χ0v) is 14.2. The van der Waals surface area contributed by atoms with Crippen LogP contribution in [-0.2, 0) is 14.6 Å². The molecule has 1 atom stereocenters. The summed E-state index contributed by atoms with van der Waals surface area (Å²) in [4.78, 5) is 14.3. The Bertz CT molecular complexity index is 856. The summed E-state index contributed by atoms with van der Waals surface area (Å²) in [6.45, 7) is 1.09. The summed E-state index contributed by atoms with van der Waals surface area (Å²) in [7, 11) is -3.32. The van der Waals surface area contributed by atoms with Gasteiger partial charge in [0.2, 0.25) is 5.91 Å². The summed E-state index contributed by atoms with van der Waals surface area (Å²) in [5.41, 5.74) is 1.56. The minimum Gasteiger partial charge on any atom is -0.338 e. The average molecular weight is 345 g/mol. The molecular weight excluding hydrogens is 326 g/mol. The minimum absolute atomic E-state index is 0.0358. The van der Waals surface area contributed by atoms with Gasteiger partial charge in [0.15, 0.2) is 9.84 Å². The van der Waals surface area contributed by atoms with Crippen molar-refractivity contribution in [1.82, 2.24) is 15.1 Å². The molecule has 3 rings (SSSR count). The SMILES string of the molecule is CS(=O)(=O)c1cn[nH]c1[C@@H]1CCN(C(=O)/C=C/c2ccccc2)C1. The van der Waals surface area contributed by atoms with Crippen LogP contribution in [0, 0.1) is 0 Å². The van der Waals surface area contributed by atoms with Gasteiger partial charge in [-0.1, -0.05) is 30.3 Å². The molecule has 1 aromatic heterocycles. The predicted molar refractivity (Wildman–Crippen MR) is 91.1 cm³/mol. The average Bonchev–Trinajstić information content (AvgIpc) is 3.21. The highest BCUT2D eigenvalue weighted by Gasteiger charge is 2.31. The van der Waals surface area contributed by atoms with Gasteiger partial charge in [-0.3, -0.25) is 9.89 Å². The summed E-state index contributed by atoms with van der Waals surface area (Å²) < 4.78 is 23.6. The molecule has 0 bridgehead atoms. The number of H-pyrrole nitrogens is 1. The van der Waals surface area contributed by atoms with Crippen molar-refractivity contribution in [2.24, 2.45) is 0 Å². The lowest BCUT2D eigenvalue weighted by atomic mass is 10.1. The Morgan fingerprint density at radius 3 is 2.79 bits per heavy atom. The molecule has 2 heterocycles. The monoisotopic (exact) mass is 345 g/mol. The second-order valence-corrected chi connectivity index (χ2v) is 7.92. The van der Waals surface area contributed by atoms with Crippen LogP contribution in [0.25, 0.3) is 6.08 Å². The Morgan fingerprint density at radius 2 is 2.08 bits per heavy atom. The third-order valence-corrected chi connectivity index (χ3v) is 5.28. The molecule has 1 aromatic carbocycles. The molecule has 0 radical (unpaired) electrons. The lowest BCUT2D eigenvalue weighted by molar-refractivity contribution is -0.124. The van der Waals surface area contributed by atoms with E-state index in [0.717, 1.165) is 12.0 Å². The molecule has 2 aromatic rings. The van der Waals surface area contributed by atoms with E-state index in [0.29, 0.717) is 18.8 Å². The number of aromatic nitrogens is 2. The van der Waals surface area contributed by atoms with Crippen molar-refractivity contribution in [2.75, 3.05) is 19.3 Å². The Labute approximate surface area is 141 Å². The quantitative estimate of drug-likeness (QED) is 0.857. The number of rotatable bonds is 4. The van der Waals surface area contributed by atoms with E-state index in [1.165, 1.54) is 12.5 Å². The first-order chi connectivity index (χ1) is 11.4. The molecule has 1 amide bonds. The maximum Gasteiger partial charge on any atom is 0.246 e. The highest BCUT2D eigenvalue weighted by Crippen LogP contribution is 2.30. The van der Waals surface area contributed by atoms with Crippen molar-refractivity contribution in [2.45, 2.75) is 17.2 Å². The summed E-state index contributed by atoms with van der Waals surface area (Å²) in [5, 5.41) is 6.64. The van der Waals surface area contributed by atoms with Gasteiger partial charge in [-0.25, -0.2) is 8.42 Å². The van der Waals surface area contributed by atoms with Crippen LogP contribution in [0.15, 0.2) is 47.5 Å². The van der Waals surface area contributed by atoms with Crippen molar-refractivity contribution in [3.8, 4) is 0 Å². The molecule has 6 nitrogen and oxygen atoms in total. The maximum absolute atomic E-state index is 12.3. The van der Waals surface area contributed by atoms with Crippen molar-refractivity contribution >= 4 is 21.8 Å². The molecule has 1 fully saturated rings. The molecule has 1 saturated heterocycles. The number of carbonyl (C=O) groups excluding carboxylic acids is 1. The number of amides is 1. The molecule has 0 unspecified atom stereocenters. The summed E-state index contributed by atoms with van der Waals surface area (Å²) in [5.74, 6) is -0.104. The zero-order valence-electron chi connectivity index (χ0n) is 13.3. The molecule has 7 heteroatoms. The highest BCUT2D eigenvalue weighted by atomic mass is 32.2. The van der Waals surface area contributed by atoms with Gasteiger partial charge in [0.25, 0.3) is 0 Å². The number of nitrogens with one attached hydrogen (secondary N) is 1. The summed E-state index contributed by atoms with van der Waals surface area (Å²) in [6.07, 6.45) is 6.57. The van der Waals surface area contributed by atoms with Crippen molar-refractivity contribution in [3.63, 3.8) is 0 Å². The van der Waals surface area contributed by atoms with Crippen LogP contribution in [0.3, 0.4) is 0 Å². The summed E-state index contributed by atoms with van der Waals surface area (Å²) in [6, 6.07) is 9.62. The van der Waals surface area contributed by atoms with Crippen LogP contribution in [0.2, 0.25) is 0 Å². The topological polar surface area (TPSA) is 83.1 Å². The molecule has 126 valence electrons. The molecule has 0 saturated carbocycles. The standard InChI is InChI=1S/C17H19N3O3S/c1-24(22,23)15-11-18-19-17(15)14-9-10-20(12-14)16(21)8-7-13-5-3-2-4-6-13/h2-8,11,14H,9-10,12H2,1H3,(H,18,19)/b8-7+/t14-/m1/s1. The van der Waals surface area contributed by atoms with Crippen LogP contribution >= 0.6 is 0 Å². The number of carbonyl (C=O) groups is 1. The Kier molecular flexibility index (Phi) is 4.53.